The van der Waals surface area contributed by atoms with E-state index in [1.807, 2.05) is 0 Å². The number of hydrogen-bond acceptors (Lipinski definition) is 6. The second-order valence-corrected chi connectivity index (χ2v) is 6.37. The van der Waals surface area contributed by atoms with E-state index in [-0.39, 0.29) is 0 Å². The van der Waals surface area contributed by atoms with Crippen LogP contribution in [0.5, 0.6) is 0 Å². The van der Waals surface area contributed by atoms with Crippen molar-refractivity contribution < 1.29 is 28.9 Å². The first-order valence-electron chi connectivity index (χ1n) is 8.01. The SMILES string of the molecule is CCOC(C)O[C@@](N=C=O)(C(=O)O)[C@@H](OC(C)(C)C)c1ccccc1. The Kier molecular flexibility index (Phi) is 7.45. The molecule has 0 radical (unpaired) electrons. The van der Waals surface area contributed by atoms with Crippen molar-refractivity contribution in [3.63, 3.8) is 0 Å². The smallest absolute Gasteiger partial charge is 0.363 e. The largest absolute Gasteiger partial charge is 0.478 e. The zero-order valence-electron chi connectivity index (χ0n) is 15.2. The van der Waals surface area contributed by atoms with Crippen LogP contribution < -0.4 is 0 Å². The number of rotatable bonds is 9. The predicted octanol–water partition coefficient (Wildman–Crippen LogP) is 3.06. The molecule has 0 aliphatic rings. The van der Waals surface area contributed by atoms with E-state index >= 15 is 0 Å². The molecule has 7 nitrogen and oxygen atoms in total. The van der Waals surface area contributed by atoms with Gasteiger partial charge in [0.05, 0.1) is 5.60 Å². The van der Waals surface area contributed by atoms with Crippen LogP contribution in [0.15, 0.2) is 35.3 Å². The molecule has 0 aromatic heterocycles. The topological polar surface area (TPSA) is 94.4 Å². The van der Waals surface area contributed by atoms with Crippen molar-refractivity contribution >= 4 is 12.0 Å². The fourth-order valence-corrected chi connectivity index (χ4v) is 2.30. The summed E-state index contributed by atoms with van der Waals surface area (Å²) in [6.45, 7) is 8.88. The van der Waals surface area contributed by atoms with Crippen LogP contribution in [0.3, 0.4) is 0 Å². The van der Waals surface area contributed by atoms with Gasteiger partial charge in [-0.25, -0.2) is 9.59 Å². The number of carboxylic acid groups (broad SMARTS) is 1. The van der Waals surface area contributed by atoms with Gasteiger partial charge in [-0.15, -0.1) is 0 Å². The Morgan fingerprint density at radius 3 is 2.28 bits per heavy atom. The van der Waals surface area contributed by atoms with Gasteiger partial charge in [0, 0.05) is 6.61 Å². The number of carbonyl (C=O) groups is 1. The van der Waals surface area contributed by atoms with Gasteiger partial charge in [-0.3, -0.25) is 0 Å². The van der Waals surface area contributed by atoms with Gasteiger partial charge in [0.25, 0.3) is 0 Å². The summed E-state index contributed by atoms with van der Waals surface area (Å²) in [6.07, 6.45) is -0.801. The Labute approximate surface area is 147 Å². The third-order valence-corrected chi connectivity index (χ3v) is 3.19. The van der Waals surface area contributed by atoms with E-state index in [9.17, 15) is 14.7 Å². The Morgan fingerprint density at radius 1 is 1.24 bits per heavy atom. The molecule has 1 unspecified atom stereocenters. The highest BCUT2D eigenvalue weighted by Crippen LogP contribution is 2.38. The zero-order valence-corrected chi connectivity index (χ0v) is 15.2. The molecule has 1 aromatic carbocycles. The maximum Gasteiger partial charge on any atom is 0.363 e. The maximum atomic E-state index is 12.1. The van der Waals surface area contributed by atoms with Crippen LogP contribution in [0, 0.1) is 0 Å². The van der Waals surface area contributed by atoms with Gasteiger partial charge in [0.1, 0.15) is 6.10 Å². The number of aliphatic carboxylic acids is 1. The highest BCUT2D eigenvalue weighted by atomic mass is 16.7. The van der Waals surface area contributed by atoms with Crippen LogP contribution in [0.1, 0.15) is 46.3 Å². The second kappa shape index (κ2) is 8.87. The van der Waals surface area contributed by atoms with Crippen LogP contribution in [0.2, 0.25) is 0 Å². The quantitative estimate of drug-likeness (QED) is 0.417. The lowest BCUT2D eigenvalue weighted by Gasteiger charge is -2.38. The molecule has 0 spiro atoms. The Balaban J connectivity index is 3.50. The molecular weight excluding hydrogens is 326 g/mol. The van der Waals surface area contributed by atoms with E-state index in [1.165, 1.54) is 13.0 Å². The first-order valence-corrected chi connectivity index (χ1v) is 8.01. The van der Waals surface area contributed by atoms with Crippen molar-refractivity contribution in [2.45, 2.75) is 58.3 Å². The van der Waals surface area contributed by atoms with Crippen LogP contribution in [-0.2, 0) is 23.8 Å². The van der Waals surface area contributed by atoms with Crippen LogP contribution in [0.4, 0.5) is 0 Å². The Morgan fingerprint density at radius 2 is 1.84 bits per heavy atom. The molecule has 0 bridgehead atoms. The fraction of sp³-hybridized carbons (Fsp3) is 0.556. The summed E-state index contributed by atoms with van der Waals surface area (Å²) in [7, 11) is 0. The molecule has 0 aliphatic heterocycles. The number of carboxylic acids is 1. The minimum absolute atomic E-state index is 0.303. The number of ether oxygens (including phenoxy) is 3. The molecule has 0 heterocycles. The lowest BCUT2D eigenvalue weighted by Crippen LogP contribution is -2.50. The molecule has 1 rings (SSSR count). The third kappa shape index (κ3) is 5.76. The zero-order chi connectivity index (χ0) is 19.1. The number of benzene rings is 1. The number of aliphatic imine (C=N–C) groups is 1. The first-order chi connectivity index (χ1) is 11.7. The third-order valence-electron chi connectivity index (χ3n) is 3.19. The van der Waals surface area contributed by atoms with Gasteiger partial charge in [-0.2, -0.15) is 4.99 Å². The monoisotopic (exact) mass is 351 g/mol. The minimum Gasteiger partial charge on any atom is -0.478 e. The highest BCUT2D eigenvalue weighted by molar-refractivity contribution is 5.79. The molecule has 0 amide bonds. The van der Waals surface area contributed by atoms with E-state index in [1.54, 1.807) is 58.0 Å². The van der Waals surface area contributed by atoms with Gasteiger partial charge < -0.3 is 19.3 Å². The highest BCUT2D eigenvalue weighted by Gasteiger charge is 2.52. The van der Waals surface area contributed by atoms with Crippen LogP contribution in [0.25, 0.3) is 0 Å². The van der Waals surface area contributed by atoms with Crippen molar-refractivity contribution in [2.24, 2.45) is 4.99 Å². The normalized spacial score (nSPS) is 16.4. The summed E-state index contributed by atoms with van der Waals surface area (Å²) in [5.74, 6) is -1.47. The maximum absolute atomic E-state index is 12.1. The van der Waals surface area contributed by atoms with Gasteiger partial charge in [-0.05, 0) is 40.2 Å². The molecule has 1 N–H and O–H groups in total. The predicted molar refractivity (Wildman–Crippen MR) is 90.7 cm³/mol. The summed E-state index contributed by atoms with van der Waals surface area (Å²) in [6, 6.07) is 8.62. The van der Waals surface area contributed by atoms with Crippen LogP contribution >= 0.6 is 0 Å². The molecule has 7 heteroatoms. The molecular formula is C18H25NO6. The van der Waals surface area contributed by atoms with Gasteiger partial charge in [0.15, 0.2) is 6.29 Å². The van der Waals surface area contributed by atoms with E-state index in [4.69, 9.17) is 14.2 Å². The lowest BCUT2D eigenvalue weighted by atomic mass is 9.97. The van der Waals surface area contributed by atoms with Crippen molar-refractivity contribution in [3.8, 4) is 0 Å². The van der Waals surface area contributed by atoms with E-state index in [0.717, 1.165) is 0 Å². The summed E-state index contributed by atoms with van der Waals surface area (Å²) < 4.78 is 16.8. The average molecular weight is 351 g/mol. The first kappa shape index (κ1) is 21.0. The molecule has 0 aliphatic carbocycles. The second-order valence-electron chi connectivity index (χ2n) is 6.37. The lowest BCUT2D eigenvalue weighted by molar-refractivity contribution is -0.254. The summed E-state index contributed by atoms with van der Waals surface area (Å²) in [5.41, 5.74) is -2.55. The van der Waals surface area contributed by atoms with E-state index in [0.29, 0.717) is 12.2 Å². The summed E-state index contributed by atoms with van der Waals surface area (Å²) in [5, 5.41) is 9.87. The van der Waals surface area contributed by atoms with Crippen molar-refractivity contribution in [3.05, 3.63) is 35.9 Å². The number of carbonyl (C=O) groups excluding carboxylic acids is 1. The van der Waals surface area contributed by atoms with Gasteiger partial charge in [-0.1, -0.05) is 30.3 Å². The van der Waals surface area contributed by atoms with Crippen molar-refractivity contribution in [2.75, 3.05) is 6.61 Å². The summed E-state index contributed by atoms with van der Waals surface area (Å²) >= 11 is 0. The molecule has 0 saturated carbocycles. The fourth-order valence-electron chi connectivity index (χ4n) is 2.30. The number of nitrogens with zero attached hydrogens (tertiary/aromatic N) is 1. The minimum atomic E-state index is -2.33. The number of hydrogen-bond donors (Lipinski definition) is 1. The molecule has 0 saturated heterocycles. The van der Waals surface area contributed by atoms with Crippen molar-refractivity contribution in [1.82, 2.24) is 0 Å². The van der Waals surface area contributed by atoms with Crippen LogP contribution in [-0.4, -0.2) is 41.4 Å². The molecule has 25 heavy (non-hydrogen) atoms. The molecule has 0 fully saturated rings. The molecule has 1 aromatic rings. The Hall–Kier alpha value is -2.05. The average Bonchev–Trinajstić information content (AvgIpc) is 2.52. The molecule has 138 valence electrons. The summed E-state index contributed by atoms with van der Waals surface area (Å²) in [4.78, 5) is 26.7. The van der Waals surface area contributed by atoms with Gasteiger partial charge in [0.2, 0.25) is 6.08 Å². The van der Waals surface area contributed by atoms with Gasteiger partial charge >= 0.3 is 11.7 Å². The van der Waals surface area contributed by atoms with E-state index < -0.39 is 29.7 Å². The number of isocyanates is 1. The standard InChI is InChI=1S/C18H25NO6/c1-6-23-13(2)24-18(16(21)22,19-12-20)15(25-17(3,4)5)14-10-8-7-9-11-14/h7-11,13,15H,6H2,1-5H3,(H,21,22)/t13?,15-,18+/m0/s1. The van der Waals surface area contributed by atoms with Crippen molar-refractivity contribution in [1.29, 1.82) is 0 Å². The molecule has 3 atom stereocenters. The van der Waals surface area contributed by atoms with E-state index in [2.05, 4.69) is 4.99 Å². The Bertz CT molecular complexity index is 602.